The van der Waals surface area contributed by atoms with Crippen LogP contribution in [0.2, 0.25) is 0 Å². The first kappa shape index (κ1) is 11.6. The summed E-state index contributed by atoms with van der Waals surface area (Å²) in [7, 11) is 4.40. The Hall–Kier alpha value is -0.430. The molecule has 0 unspecified atom stereocenters. The van der Waals surface area contributed by atoms with Crippen LogP contribution < -0.4 is 5.30 Å². The van der Waals surface area contributed by atoms with Crippen LogP contribution in [0.15, 0.2) is 30.3 Å². The van der Waals surface area contributed by atoms with E-state index in [1.54, 1.807) is 0 Å². The van der Waals surface area contributed by atoms with Crippen molar-refractivity contribution in [2.24, 2.45) is 0 Å². The van der Waals surface area contributed by atoms with Crippen molar-refractivity contribution in [2.45, 2.75) is 37.8 Å². The molecule has 1 saturated carbocycles. The largest absolute Gasteiger partial charge is 0.265 e. The van der Waals surface area contributed by atoms with Crippen LogP contribution >= 0.6 is 8.22 Å². The predicted octanol–water partition coefficient (Wildman–Crippen LogP) is 2.81. The number of hydrogen-bond acceptors (Lipinski definition) is 2. The van der Waals surface area contributed by atoms with Crippen molar-refractivity contribution in [2.75, 3.05) is 14.1 Å². The Morgan fingerprint density at radius 1 is 0.941 bits per heavy atom. The first-order valence-electron chi connectivity index (χ1n) is 6.59. The van der Waals surface area contributed by atoms with E-state index in [0.717, 1.165) is 12.1 Å². The topological polar surface area (TPSA) is 6.48 Å². The summed E-state index contributed by atoms with van der Waals surface area (Å²) in [6.45, 7) is 0. The smallest absolute Gasteiger partial charge is 0.0725 e. The van der Waals surface area contributed by atoms with Gasteiger partial charge in [-0.25, -0.2) is 0 Å². The molecule has 3 heteroatoms. The molecule has 0 aromatic heterocycles. The highest BCUT2D eigenvalue weighted by molar-refractivity contribution is 7.61. The molecule has 0 spiro atoms. The van der Waals surface area contributed by atoms with Gasteiger partial charge in [-0.2, -0.15) is 0 Å². The minimum Gasteiger partial charge on any atom is -0.265 e. The molecule has 1 saturated heterocycles. The van der Waals surface area contributed by atoms with E-state index in [-0.39, 0.29) is 8.22 Å². The number of benzene rings is 1. The van der Waals surface area contributed by atoms with Gasteiger partial charge in [0.1, 0.15) is 0 Å². The second-order valence-corrected chi connectivity index (χ2v) is 7.55. The fourth-order valence-corrected chi connectivity index (χ4v) is 6.11. The number of rotatable bonds is 1. The molecule has 2 atom stereocenters. The third-order valence-corrected chi connectivity index (χ3v) is 6.79. The zero-order valence-corrected chi connectivity index (χ0v) is 11.6. The van der Waals surface area contributed by atoms with Gasteiger partial charge >= 0.3 is 0 Å². The molecule has 3 rings (SSSR count). The zero-order chi connectivity index (χ0) is 11.8. The van der Waals surface area contributed by atoms with Crippen molar-refractivity contribution < 1.29 is 0 Å². The van der Waals surface area contributed by atoms with E-state index in [1.807, 2.05) is 0 Å². The van der Waals surface area contributed by atoms with Gasteiger partial charge in [0.2, 0.25) is 0 Å². The molecule has 2 aliphatic rings. The van der Waals surface area contributed by atoms with Crippen molar-refractivity contribution in [3.05, 3.63) is 30.3 Å². The van der Waals surface area contributed by atoms with Gasteiger partial charge in [0.05, 0.1) is 8.22 Å². The Kier molecular flexibility index (Phi) is 3.21. The molecule has 1 aliphatic heterocycles. The van der Waals surface area contributed by atoms with Crippen molar-refractivity contribution in [3.63, 3.8) is 0 Å². The molecule has 0 amide bonds. The summed E-state index contributed by atoms with van der Waals surface area (Å²) in [6, 6.07) is 12.6. The molecular formula is C14H21N2P. The highest BCUT2D eigenvalue weighted by Gasteiger charge is 2.44. The Balaban J connectivity index is 1.90. The number of likely N-dealkylation sites (N-methyl/N-ethyl adjacent to an activating group) is 2. The fourth-order valence-electron chi connectivity index (χ4n) is 3.39. The Morgan fingerprint density at radius 3 is 2.00 bits per heavy atom. The molecule has 0 radical (unpaired) electrons. The van der Waals surface area contributed by atoms with Crippen molar-refractivity contribution in [1.82, 2.24) is 9.34 Å². The SMILES string of the molecule is CN1[C@@H]2CCCC[C@H]2N(C)P1c1ccccc1. The molecule has 92 valence electrons. The maximum Gasteiger partial charge on any atom is 0.0725 e. The van der Waals surface area contributed by atoms with Crippen LogP contribution in [0.3, 0.4) is 0 Å². The van der Waals surface area contributed by atoms with Crippen LogP contribution in [0.4, 0.5) is 0 Å². The fraction of sp³-hybridized carbons (Fsp3) is 0.571. The Labute approximate surface area is 105 Å². The Morgan fingerprint density at radius 2 is 1.47 bits per heavy atom. The first-order chi connectivity index (χ1) is 8.29. The van der Waals surface area contributed by atoms with Gasteiger partial charge in [-0.05, 0) is 26.9 Å². The third-order valence-electron chi connectivity index (χ3n) is 4.24. The second-order valence-electron chi connectivity index (χ2n) is 5.19. The van der Waals surface area contributed by atoms with Gasteiger partial charge in [-0.3, -0.25) is 9.34 Å². The molecule has 1 aromatic carbocycles. The molecule has 0 bridgehead atoms. The monoisotopic (exact) mass is 248 g/mol. The normalized spacial score (nSPS) is 31.6. The zero-order valence-electron chi connectivity index (χ0n) is 10.7. The summed E-state index contributed by atoms with van der Waals surface area (Å²) in [5, 5.41) is 1.50. The van der Waals surface area contributed by atoms with Crippen LogP contribution in [0.25, 0.3) is 0 Å². The predicted molar refractivity (Wildman–Crippen MR) is 74.6 cm³/mol. The maximum absolute atomic E-state index is 2.65. The van der Waals surface area contributed by atoms with Gasteiger partial charge < -0.3 is 0 Å². The summed E-state index contributed by atoms with van der Waals surface area (Å²) < 4.78 is 5.29. The summed E-state index contributed by atoms with van der Waals surface area (Å²) in [5.41, 5.74) is 0. The van der Waals surface area contributed by atoms with Crippen LogP contribution in [0.5, 0.6) is 0 Å². The van der Waals surface area contributed by atoms with Gasteiger partial charge in [-0.15, -0.1) is 0 Å². The van der Waals surface area contributed by atoms with E-state index in [1.165, 1.54) is 31.0 Å². The lowest BCUT2D eigenvalue weighted by molar-refractivity contribution is 0.233. The average molecular weight is 248 g/mol. The van der Waals surface area contributed by atoms with Gasteiger partial charge in [0, 0.05) is 17.4 Å². The highest BCUT2D eigenvalue weighted by Crippen LogP contribution is 2.54. The van der Waals surface area contributed by atoms with Crippen molar-refractivity contribution in [3.8, 4) is 0 Å². The van der Waals surface area contributed by atoms with Crippen molar-refractivity contribution in [1.29, 1.82) is 0 Å². The molecule has 0 N–H and O–H groups in total. The van der Waals surface area contributed by atoms with E-state index in [2.05, 4.69) is 53.8 Å². The minimum atomic E-state index is -0.246. The molecule has 2 fully saturated rings. The van der Waals surface area contributed by atoms with Gasteiger partial charge in [-0.1, -0.05) is 43.2 Å². The lowest BCUT2D eigenvalue weighted by atomic mass is 9.91. The van der Waals surface area contributed by atoms with E-state index < -0.39 is 0 Å². The number of hydrogen-bond donors (Lipinski definition) is 0. The van der Waals surface area contributed by atoms with Crippen LogP contribution in [-0.2, 0) is 0 Å². The van der Waals surface area contributed by atoms with E-state index in [0.29, 0.717) is 0 Å². The molecular weight excluding hydrogens is 227 g/mol. The second kappa shape index (κ2) is 4.68. The van der Waals surface area contributed by atoms with Crippen molar-refractivity contribution >= 4 is 13.5 Å². The van der Waals surface area contributed by atoms with Gasteiger partial charge in [0.25, 0.3) is 0 Å². The average Bonchev–Trinajstić information content (AvgIpc) is 2.64. The molecule has 1 aromatic rings. The first-order valence-corrected chi connectivity index (χ1v) is 7.84. The van der Waals surface area contributed by atoms with E-state index in [4.69, 9.17) is 0 Å². The number of nitrogens with zero attached hydrogens (tertiary/aromatic N) is 2. The summed E-state index contributed by atoms with van der Waals surface area (Å²) in [4.78, 5) is 0. The lowest BCUT2D eigenvalue weighted by Crippen LogP contribution is -2.37. The van der Waals surface area contributed by atoms with Gasteiger partial charge in [0.15, 0.2) is 0 Å². The van der Waals surface area contributed by atoms with Crippen LogP contribution in [0.1, 0.15) is 25.7 Å². The molecule has 1 heterocycles. The maximum atomic E-state index is 2.65. The third kappa shape index (κ3) is 1.93. The summed E-state index contributed by atoms with van der Waals surface area (Å²) >= 11 is 0. The molecule has 17 heavy (non-hydrogen) atoms. The van der Waals surface area contributed by atoms with E-state index >= 15 is 0 Å². The number of fused-ring (bicyclic) bond motifs is 1. The minimum absolute atomic E-state index is 0.246. The highest BCUT2D eigenvalue weighted by atomic mass is 31.1. The van der Waals surface area contributed by atoms with E-state index in [9.17, 15) is 0 Å². The van der Waals surface area contributed by atoms with Crippen LogP contribution in [-0.4, -0.2) is 35.5 Å². The molecule has 1 aliphatic carbocycles. The lowest BCUT2D eigenvalue weighted by Gasteiger charge is -2.29. The Bertz CT molecular complexity index is 363. The summed E-state index contributed by atoms with van der Waals surface area (Å²) in [5.74, 6) is 0. The quantitative estimate of drug-likeness (QED) is 0.705. The van der Waals surface area contributed by atoms with Crippen LogP contribution in [0, 0.1) is 0 Å². The molecule has 2 nitrogen and oxygen atoms in total. The standard InChI is InChI=1S/C14H21N2P/c1-15-13-10-6-7-11-14(13)16(2)17(15)12-8-4-3-5-9-12/h3-5,8-9,13-14H,6-7,10-11H2,1-2H3/t13-,14-/m1/s1. The summed E-state index contributed by atoms with van der Waals surface area (Å²) in [6.07, 6.45) is 5.60.